The van der Waals surface area contributed by atoms with Crippen LogP contribution in [0.2, 0.25) is 0 Å². The fourth-order valence-corrected chi connectivity index (χ4v) is 3.51. The maximum atomic E-state index is 11.9. The lowest BCUT2D eigenvalue weighted by atomic mass is 9.78. The molecule has 1 amide bonds. The van der Waals surface area contributed by atoms with Crippen molar-refractivity contribution in [1.29, 1.82) is 0 Å². The van der Waals surface area contributed by atoms with Gasteiger partial charge < -0.3 is 10.1 Å². The Labute approximate surface area is 162 Å². The third-order valence-electron chi connectivity index (χ3n) is 5.15. The predicted molar refractivity (Wildman–Crippen MR) is 109 cm³/mol. The van der Waals surface area contributed by atoms with Crippen LogP contribution in [0.25, 0.3) is 0 Å². The Morgan fingerprint density at radius 3 is 2.85 bits per heavy atom. The molecule has 3 atom stereocenters. The van der Waals surface area contributed by atoms with Crippen molar-refractivity contribution in [1.82, 2.24) is 16.2 Å². The molecule has 0 radical (unpaired) electrons. The van der Waals surface area contributed by atoms with E-state index < -0.39 is 0 Å². The standard InChI is InChI=1S/C20H31N3O2S/c1-14-7-4-9-17(13-14)25-12-6-11-19(24)22-23-20(26)21-18-10-5-8-15(2)16(18)3/h4,7,9,13,15-16,18H,5-6,8,10-12H2,1-3H3,(H,22,24)(H2,21,23,26)/t15-,16-,18-/m0/s1. The number of thiocarbonyl (C=S) groups is 1. The van der Waals surface area contributed by atoms with Gasteiger partial charge in [0.05, 0.1) is 6.61 Å². The SMILES string of the molecule is Cc1cccc(OCCCC(=O)NNC(=S)N[C@H]2CCC[C@H](C)[C@@H]2C)c1. The van der Waals surface area contributed by atoms with Crippen LogP contribution in [0.5, 0.6) is 5.75 Å². The van der Waals surface area contributed by atoms with Crippen LogP contribution in [-0.2, 0) is 4.79 Å². The van der Waals surface area contributed by atoms with Crippen molar-refractivity contribution >= 4 is 23.2 Å². The minimum atomic E-state index is -0.0907. The van der Waals surface area contributed by atoms with Gasteiger partial charge in [-0.3, -0.25) is 15.6 Å². The van der Waals surface area contributed by atoms with E-state index in [0.717, 1.165) is 17.7 Å². The fraction of sp³-hybridized carbons (Fsp3) is 0.600. The molecule has 1 saturated carbocycles. The molecule has 1 aliphatic rings. The number of hydrazine groups is 1. The second-order valence-electron chi connectivity index (χ2n) is 7.29. The molecule has 0 saturated heterocycles. The van der Waals surface area contributed by atoms with Crippen LogP contribution in [-0.4, -0.2) is 23.7 Å². The number of benzene rings is 1. The van der Waals surface area contributed by atoms with E-state index in [2.05, 4.69) is 30.0 Å². The van der Waals surface area contributed by atoms with Gasteiger partial charge in [0.1, 0.15) is 5.75 Å². The van der Waals surface area contributed by atoms with E-state index in [0.29, 0.717) is 42.4 Å². The van der Waals surface area contributed by atoms with E-state index in [1.807, 2.05) is 31.2 Å². The van der Waals surface area contributed by atoms with Gasteiger partial charge in [0.2, 0.25) is 5.91 Å². The molecule has 0 heterocycles. The molecule has 1 fully saturated rings. The lowest BCUT2D eigenvalue weighted by molar-refractivity contribution is -0.121. The van der Waals surface area contributed by atoms with Crippen LogP contribution in [0.4, 0.5) is 0 Å². The van der Waals surface area contributed by atoms with E-state index in [1.54, 1.807) is 0 Å². The Bertz CT molecular complexity index is 608. The third-order valence-corrected chi connectivity index (χ3v) is 5.37. The molecule has 1 aromatic carbocycles. The first-order chi connectivity index (χ1) is 12.5. The number of carbonyl (C=O) groups excluding carboxylic acids is 1. The Morgan fingerprint density at radius 2 is 2.08 bits per heavy atom. The van der Waals surface area contributed by atoms with Gasteiger partial charge in [-0.25, -0.2) is 0 Å². The Hall–Kier alpha value is -1.82. The summed E-state index contributed by atoms with van der Waals surface area (Å²) in [4.78, 5) is 11.9. The summed E-state index contributed by atoms with van der Waals surface area (Å²) in [6.45, 7) is 7.08. The lowest BCUT2D eigenvalue weighted by Crippen LogP contribution is -2.52. The molecule has 6 heteroatoms. The molecule has 1 aromatic rings. The van der Waals surface area contributed by atoms with Gasteiger partial charge >= 0.3 is 0 Å². The quantitative estimate of drug-likeness (QED) is 0.402. The van der Waals surface area contributed by atoms with Crippen molar-refractivity contribution in [2.24, 2.45) is 11.8 Å². The average molecular weight is 378 g/mol. The summed E-state index contributed by atoms with van der Waals surface area (Å²) in [5.41, 5.74) is 6.63. The third kappa shape index (κ3) is 6.83. The van der Waals surface area contributed by atoms with Crippen molar-refractivity contribution in [2.45, 2.75) is 58.9 Å². The zero-order valence-electron chi connectivity index (χ0n) is 16.0. The molecule has 0 spiro atoms. The van der Waals surface area contributed by atoms with Crippen molar-refractivity contribution in [2.75, 3.05) is 6.61 Å². The number of hydrogen-bond acceptors (Lipinski definition) is 3. The summed E-state index contributed by atoms with van der Waals surface area (Å²) in [6.07, 6.45) is 4.66. The molecular weight excluding hydrogens is 346 g/mol. The largest absolute Gasteiger partial charge is 0.494 e. The smallest absolute Gasteiger partial charge is 0.238 e. The highest BCUT2D eigenvalue weighted by atomic mass is 32.1. The van der Waals surface area contributed by atoms with Crippen molar-refractivity contribution in [3.8, 4) is 5.75 Å². The van der Waals surface area contributed by atoms with Gasteiger partial charge in [0.25, 0.3) is 0 Å². The number of nitrogens with one attached hydrogen (secondary N) is 3. The van der Waals surface area contributed by atoms with E-state index in [9.17, 15) is 4.79 Å². The van der Waals surface area contributed by atoms with Crippen LogP contribution < -0.4 is 20.9 Å². The molecule has 0 bridgehead atoms. The van der Waals surface area contributed by atoms with Crippen LogP contribution >= 0.6 is 12.2 Å². The Morgan fingerprint density at radius 1 is 1.27 bits per heavy atom. The van der Waals surface area contributed by atoms with E-state index in [4.69, 9.17) is 17.0 Å². The molecule has 0 aromatic heterocycles. The number of carbonyl (C=O) groups is 1. The molecule has 3 N–H and O–H groups in total. The molecule has 1 aliphatic carbocycles. The summed E-state index contributed by atoms with van der Waals surface area (Å²) in [6, 6.07) is 8.27. The van der Waals surface area contributed by atoms with Gasteiger partial charge in [-0.05, 0) is 61.5 Å². The van der Waals surface area contributed by atoms with Gasteiger partial charge in [0.15, 0.2) is 5.11 Å². The molecule has 26 heavy (non-hydrogen) atoms. The molecule has 5 nitrogen and oxygen atoms in total. The predicted octanol–water partition coefficient (Wildman–Crippen LogP) is 3.47. The minimum absolute atomic E-state index is 0.0907. The van der Waals surface area contributed by atoms with Crippen molar-refractivity contribution in [3.05, 3.63) is 29.8 Å². The lowest BCUT2D eigenvalue weighted by Gasteiger charge is -2.35. The van der Waals surface area contributed by atoms with E-state index in [-0.39, 0.29) is 5.91 Å². The summed E-state index contributed by atoms with van der Waals surface area (Å²) in [7, 11) is 0. The number of amides is 1. The fourth-order valence-electron chi connectivity index (χ4n) is 3.31. The number of aryl methyl sites for hydroxylation is 1. The highest BCUT2D eigenvalue weighted by Crippen LogP contribution is 2.29. The second kappa shape index (κ2) is 10.4. The van der Waals surface area contributed by atoms with E-state index in [1.165, 1.54) is 12.8 Å². The normalized spacial score (nSPS) is 22.3. The summed E-state index contributed by atoms with van der Waals surface area (Å²) >= 11 is 5.29. The number of hydrogen-bond donors (Lipinski definition) is 3. The van der Waals surface area contributed by atoms with Crippen LogP contribution in [0.1, 0.15) is 51.5 Å². The number of rotatable bonds is 6. The number of ether oxygens (including phenoxy) is 1. The Balaban J connectivity index is 1.58. The molecule has 144 valence electrons. The topological polar surface area (TPSA) is 62.4 Å². The van der Waals surface area contributed by atoms with Crippen LogP contribution in [0.15, 0.2) is 24.3 Å². The first kappa shape index (κ1) is 20.5. The summed E-state index contributed by atoms with van der Waals surface area (Å²) < 4.78 is 5.65. The first-order valence-corrected chi connectivity index (χ1v) is 9.91. The Kier molecular flexibility index (Phi) is 8.16. The molecule has 0 unspecified atom stereocenters. The molecule has 0 aliphatic heterocycles. The van der Waals surface area contributed by atoms with Crippen LogP contribution in [0.3, 0.4) is 0 Å². The van der Waals surface area contributed by atoms with E-state index >= 15 is 0 Å². The van der Waals surface area contributed by atoms with Crippen LogP contribution in [0, 0.1) is 18.8 Å². The molecule has 2 rings (SSSR count). The average Bonchev–Trinajstić information content (AvgIpc) is 2.61. The highest BCUT2D eigenvalue weighted by molar-refractivity contribution is 7.80. The second-order valence-corrected chi connectivity index (χ2v) is 7.70. The van der Waals surface area contributed by atoms with Crippen molar-refractivity contribution in [3.63, 3.8) is 0 Å². The van der Waals surface area contributed by atoms with Crippen molar-refractivity contribution < 1.29 is 9.53 Å². The highest BCUT2D eigenvalue weighted by Gasteiger charge is 2.27. The van der Waals surface area contributed by atoms with Gasteiger partial charge in [-0.15, -0.1) is 0 Å². The zero-order valence-corrected chi connectivity index (χ0v) is 16.8. The maximum absolute atomic E-state index is 11.9. The zero-order chi connectivity index (χ0) is 18.9. The van der Waals surface area contributed by atoms with Gasteiger partial charge in [0, 0.05) is 12.5 Å². The minimum Gasteiger partial charge on any atom is -0.494 e. The van der Waals surface area contributed by atoms with Gasteiger partial charge in [-0.1, -0.05) is 38.8 Å². The van der Waals surface area contributed by atoms with Gasteiger partial charge in [-0.2, -0.15) is 0 Å². The maximum Gasteiger partial charge on any atom is 0.238 e. The summed E-state index contributed by atoms with van der Waals surface area (Å²) in [5.74, 6) is 2.03. The summed E-state index contributed by atoms with van der Waals surface area (Å²) in [5, 5.41) is 3.82. The first-order valence-electron chi connectivity index (χ1n) is 9.50. The monoisotopic (exact) mass is 377 g/mol. The molecular formula is C20H31N3O2S.